The molecule has 1 atom stereocenters. The summed E-state index contributed by atoms with van der Waals surface area (Å²) in [5.74, 6) is 0.949. The summed E-state index contributed by atoms with van der Waals surface area (Å²) in [4.78, 5) is 11.0. The molecule has 104 valence electrons. The average Bonchev–Trinajstić information content (AvgIpc) is 2.85. The number of hydrogen-bond donors (Lipinski definition) is 1. The van der Waals surface area contributed by atoms with Gasteiger partial charge in [-0.2, -0.15) is 0 Å². The van der Waals surface area contributed by atoms with Gasteiger partial charge in [-0.05, 0) is 25.5 Å². The molecule has 1 unspecified atom stereocenters. The second kappa shape index (κ2) is 5.17. The quantitative estimate of drug-likeness (QED) is 0.910. The topological polar surface area (TPSA) is 55.0 Å². The highest BCUT2D eigenvalue weighted by molar-refractivity contribution is 5.59. The van der Waals surface area contributed by atoms with Crippen LogP contribution in [0.15, 0.2) is 30.3 Å². The maximum Gasteiger partial charge on any atom is 0.164 e. The lowest BCUT2D eigenvalue weighted by molar-refractivity contribution is 0.630. The minimum atomic E-state index is -0.304. The molecule has 4 nitrogen and oxygen atoms in total. The molecule has 1 aromatic carbocycles. The van der Waals surface area contributed by atoms with E-state index in [4.69, 9.17) is 5.73 Å². The molecule has 2 aromatic rings. The summed E-state index contributed by atoms with van der Waals surface area (Å²) >= 11 is 0. The first kappa shape index (κ1) is 13.0. The third-order valence-corrected chi connectivity index (χ3v) is 3.50. The minimum Gasteiger partial charge on any atom is -0.355 e. The number of anilines is 1. The fraction of sp³-hybridized carbons (Fsp3) is 0.333. The first-order valence-electron chi connectivity index (χ1n) is 6.74. The van der Waals surface area contributed by atoms with Gasteiger partial charge in [-0.3, -0.25) is 0 Å². The van der Waals surface area contributed by atoms with Gasteiger partial charge in [0.25, 0.3) is 0 Å². The fourth-order valence-corrected chi connectivity index (χ4v) is 2.47. The Bertz CT molecular complexity index is 629. The van der Waals surface area contributed by atoms with Crippen molar-refractivity contribution in [3.05, 3.63) is 41.8 Å². The highest BCUT2D eigenvalue weighted by Gasteiger charge is 2.21. The number of aryl methyl sites for hydroxylation is 1. The van der Waals surface area contributed by atoms with Gasteiger partial charge in [0.1, 0.15) is 11.6 Å². The number of aromatic nitrogens is 2. The van der Waals surface area contributed by atoms with Crippen LogP contribution in [0.5, 0.6) is 0 Å². The van der Waals surface area contributed by atoms with Gasteiger partial charge >= 0.3 is 0 Å². The van der Waals surface area contributed by atoms with Gasteiger partial charge in [-0.25, -0.2) is 14.4 Å². The third kappa shape index (κ3) is 2.49. The highest BCUT2D eigenvalue weighted by Crippen LogP contribution is 2.24. The van der Waals surface area contributed by atoms with Gasteiger partial charge < -0.3 is 10.6 Å². The molecule has 3 rings (SSSR count). The van der Waals surface area contributed by atoms with Gasteiger partial charge in [-0.1, -0.05) is 12.1 Å². The van der Waals surface area contributed by atoms with E-state index in [-0.39, 0.29) is 11.9 Å². The van der Waals surface area contributed by atoms with E-state index in [9.17, 15) is 4.39 Å². The van der Waals surface area contributed by atoms with E-state index in [1.165, 1.54) is 6.07 Å². The van der Waals surface area contributed by atoms with Crippen LogP contribution in [0.25, 0.3) is 11.4 Å². The van der Waals surface area contributed by atoms with Gasteiger partial charge in [0.2, 0.25) is 0 Å². The molecule has 0 saturated carbocycles. The van der Waals surface area contributed by atoms with Crippen LogP contribution in [0, 0.1) is 12.7 Å². The maximum absolute atomic E-state index is 13.9. The molecule has 1 aliphatic heterocycles. The van der Waals surface area contributed by atoms with Gasteiger partial charge in [0.15, 0.2) is 5.82 Å². The second-order valence-electron chi connectivity index (χ2n) is 5.17. The molecule has 1 aromatic heterocycles. The summed E-state index contributed by atoms with van der Waals surface area (Å²) < 4.78 is 13.9. The Hall–Kier alpha value is -2.01. The van der Waals surface area contributed by atoms with Crippen molar-refractivity contribution in [3.63, 3.8) is 0 Å². The van der Waals surface area contributed by atoms with E-state index in [1.807, 2.05) is 13.0 Å². The zero-order chi connectivity index (χ0) is 14.1. The van der Waals surface area contributed by atoms with Crippen molar-refractivity contribution in [3.8, 4) is 11.4 Å². The predicted octanol–water partition coefficient (Wildman–Crippen LogP) is 2.13. The lowest BCUT2D eigenvalue weighted by atomic mass is 10.2. The first-order chi connectivity index (χ1) is 9.63. The van der Waals surface area contributed by atoms with E-state index in [0.29, 0.717) is 11.4 Å². The molecule has 0 radical (unpaired) electrons. The number of halogens is 1. The van der Waals surface area contributed by atoms with Crippen molar-refractivity contribution in [2.45, 2.75) is 19.4 Å². The molecule has 2 N–H and O–H groups in total. The third-order valence-electron chi connectivity index (χ3n) is 3.50. The Labute approximate surface area is 117 Å². The molecule has 1 fully saturated rings. The van der Waals surface area contributed by atoms with Crippen LogP contribution in [0.4, 0.5) is 10.2 Å². The molecule has 1 aliphatic rings. The molecule has 0 amide bonds. The van der Waals surface area contributed by atoms with Gasteiger partial charge in [0.05, 0.1) is 5.56 Å². The SMILES string of the molecule is Cc1cc(N2CCC(N)C2)nc(-c2ccccc2F)n1. The maximum atomic E-state index is 13.9. The molecule has 1 saturated heterocycles. The summed E-state index contributed by atoms with van der Waals surface area (Å²) in [6, 6.07) is 8.67. The zero-order valence-corrected chi connectivity index (χ0v) is 11.4. The van der Waals surface area contributed by atoms with E-state index in [1.54, 1.807) is 18.2 Å². The van der Waals surface area contributed by atoms with Crippen molar-refractivity contribution < 1.29 is 4.39 Å². The number of rotatable bonds is 2. The number of nitrogens with zero attached hydrogens (tertiary/aromatic N) is 3. The Morgan fingerprint density at radius 2 is 2.10 bits per heavy atom. The Balaban J connectivity index is 2.01. The number of hydrogen-bond acceptors (Lipinski definition) is 4. The number of nitrogens with two attached hydrogens (primary N) is 1. The zero-order valence-electron chi connectivity index (χ0n) is 11.4. The molecular formula is C15H17FN4. The van der Waals surface area contributed by atoms with Crippen molar-refractivity contribution in [1.82, 2.24) is 9.97 Å². The van der Waals surface area contributed by atoms with E-state index in [2.05, 4.69) is 14.9 Å². The van der Waals surface area contributed by atoms with Crippen molar-refractivity contribution >= 4 is 5.82 Å². The van der Waals surface area contributed by atoms with Crippen LogP contribution in [-0.2, 0) is 0 Å². The van der Waals surface area contributed by atoms with E-state index >= 15 is 0 Å². The fourth-order valence-electron chi connectivity index (χ4n) is 2.47. The predicted molar refractivity (Wildman–Crippen MR) is 77.0 cm³/mol. The summed E-state index contributed by atoms with van der Waals surface area (Å²) in [5.41, 5.74) is 7.19. The van der Waals surface area contributed by atoms with Gasteiger partial charge in [0, 0.05) is 30.9 Å². The average molecular weight is 272 g/mol. The van der Waals surface area contributed by atoms with Crippen LogP contribution in [-0.4, -0.2) is 29.1 Å². The summed E-state index contributed by atoms with van der Waals surface area (Å²) in [6.07, 6.45) is 0.956. The van der Waals surface area contributed by atoms with Gasteiger partial charge in [-0.15, -0.1) is 0 Å². The van der Waals surface area contributed by atoms with Crippen molar-refractivity contribution in [1.29, 1.82) is 0 Å². The van der Waals surface area contributed by atoms with Crippen molar-refractivity contribution in [2.75, 3.05) is 18.0 Å². The molecule has 2 heterocycles. The number of benzene rings is 1. The van der Waals surface area contributed by atoms with E-state index in [0.717, 1.165) is 31.0 Å². The smallest absolute Gasteiger partial charge is 0.164 e. The second-order valence-corrected chi connectivity index (χ2v) is 5.17. The summed E-state index contributed by atoms with van der Waals surface area (Å²) in [7, 11) is 0. The Morgan fingerprint density at radius 1 is 1.30 bits per heavy atom. The largest absolute Gasteiger partial charge is 0.355 e. The molecular weight excluding hydrogens is 255 g/mol. The van der Waals surface area contributed by atoms with Crippen LogP contribution < -0.4 is 10.6 Å². The van der Waals surface area contributed by atoms with Crippen LogP contribution >= 0.6 is 0 Å². The lowest BCUT2D eigenvalue weighted by Crippen LogP contribution is -2.27. The molecule has 0 spiro atoms. The highest BCUT2D eigenvalue weighted by atomic mass is 19.1. The summed E-state index contributed by atoms with van der Waals surface area (Å²) in [6.45, 7) is 3.56. The molecule has 20 heavy (non-hydrogen) atoms. The van der Waals surface area contributed by atoms with Crippen LogP contribution in [0.1, 0.15) is 12.1 Å². The summed E-state index contributed by atoms with van der Waals surface area (Å²) in [5, 5.41) is 0. The van der Waals surface area contributed by atoms with Crippen LogP contribution in [0.2, 0.25) is 0 Å². The molecule has 5 heteroatoms. The normalized spacial score (nSPS) is 18.6. The lowest BCUT2D eigenvalue weighted by Gasteiger charge is -2.18. The standard InChI is InChI=1S/C15H17FN4/c1-10-8-14(20-7-6-11(17)9-20)19-15(18-10)12-4-2-3-5-13(12)16/h2-5,8,11H,6-7,9,17H2,1H3. The van der Waals surface area contributed by atoms with Crippen LogP contribution in [0.3, 0.4) is 0 Å². The van der Waals surface area contributed by atoms with E-state index < -0.39 is 0 Å². The molecule has 0 bridgehead atoms. The van der Waals surface area contributed by atoms with Crippen molar-refractivity contribution in [2.24, 2.45) is 5.73 Å². The Kier molecular flexibility index (Phi) is 3.36. The minimum absolute atomic E-state index is 0.183. The first-order valence-corrected chi connectivity index (χ1v) is 6.74. The monoisotopic (exact) mass is 272 g/mol. The molecule has 0 aliphatic carbocycles. The Morgan fingerprint density at radius 3 is 2.80 bits per heavy atom.